The highest BCUT2D eigenvalue weighted by molar-refractivity contribution is 5.94. The molecule has 190 valence electrons. The van der Waals surface area contributed by atoms with Crippen LogP contribution in [0.25, 0.3) is 0 Å². The van der Waals surface area contributed by atoms with E-state index in [0.717, 1.165) is 0 Å². The molecule has 34 heavy (non-hydrogen) atoms. The number of nitrogens with zero attached hydrogens (tertiary/aromatic N) is 2. The molecular formula is C22H32F3N5O4. The average Bonchev–Trinajstić information content (AvgIpc) is 3.13. The van der Waals surface area contributed by atoms with Gasteiger partial charge < -0.3 is 20.9 Å². The number of likely N-dealkylation sites (tertiary alicyclic amines) is 1. The van der Waals surface area contributed by atoms with E-state index in [1.54, 1.807) is 5.32 Å². The first-order valence-corrected chi connectivity index (χ1v) is 11.3. The Kier molecular flexibility index (Phi) is 8.55. The first-order valence-electron chi connectivity index (χ1n) is 11.3. The van der Waals surface area contributed by atoms with E-state index in [0.29, 0.717) is 19.4 Å². The average molecular weight is 488 g/mol. The molecule has 3 N–H and O–H groups in total. The molecule has 0 spiro atoms. The van der Waals surface area contributed by atoms with E-state index in [4.69, 9.17) is 0 Å². The van der Waals surface area contributed by atoms with E-state index in [1.165, 1.54) is 25.7 Å². The number of rotatable bonds is 6. The van der Waals surface area contributed by atoms with E-state index >= 15 is 0 Å². The molecular weight excluding hydrogens is 455 g/mol. The second-order valence-corrected chi connectivity index (χ2v) is 10.1. The topological polar surface area (TPSA) is 131 Å². The summed E-state index contributed by atoms with van der Waals surface area (Å²) in [5.41, 5.74) is -1.06. The van der Waals surface area contributed by atoms with E-state index in [9.17, 15) is 37.6 Å². The lowest BCUT2D eigenvalue weighted by Gasteiger charge is -2.42. The summed E-state index contributed by atoms with van der Waals surface area (Å²) in [6.07, 6.45) is -3.71. The van der Waals surface area contributed by atoms with Crippen LogP contribution >= 0.6 is 0 Å². The smallest absolute Gasteiger partial charge is 0.356 e. The summed E-state index contributed by atoms with van der Waals surface area (Å²) >= 11 is 0. The monoisotopic (exact) mass is 487 g/mol. The van der Waals surface area contributed by atoms with Gasteiger partial charge in [0.25, 0.3) is 0 Å². The van der Waals surface area contributed by atoms with Gasteiger partial charge in [-0.1, -0.05) is 27.7 Å². The lowest BCUT2D eigenvalue weighted by atomic mass is 9.83. The molecule has 2 saturated heterocycles. The largest absolute Gasteiger partial charge is 0.471 e. The zero-order valence-electron chi connectivity index (χ0n) is 19.8. The van der Waals surface area contributed by atoms with Crippen LogP contribution in [0.5, 0.6) is 0 Å². The molecule has 0 aromatic rings. The zero-order valence-corrected chi connectivity index (χ0v) is 19.8. The number of carbonyl (C=O) groups excluding carboxylic acids is 4. The van der Waals surface area contributed by atoms with E-state index in [1.807, 2.05) is 13.0 Å². The van der Waals surface area contributed by atoms with Gasteiger partial charge in [-0.15, -0.1) is 0 Å². The molecule has 12 heteroatoms. The van der Waals surface area contributed by atoms with Gasteiger partial charge in [0.1, 0.15) is 18.1 Å². The Balaban J connectivity index is 2.21. The Morgan fingerprint density at radius 3 is 2.35 bits per heavy atom. The summed E-state index contributed by atoms with van der Waals surface area (Å²) in [6.45, 7) is 7.06. The highest BCUT2D eigenvalue weighted by Crippen LogP contribution is 2.29. The van der Waals surface area contributed by atoms with Crippen molar-refractivity contribution in [2.45, 2.75) is 77.7 Å². The molecule has 2 unspecified atom stereocenters. The summed E-state index contributed by atoms with van der Waals surface area (Å²) in [5.74, 6) is -4.17. The third-order valence-corrected chi connectivity index (χ3v) is 6.25. The lowest BCUT2D eigenvalue weighted by Crippen LogP contribution is -2.62. The maximum Gasteiger partial charge on any atom is 0.471 e. The molecule has 0 radical (unpaired) electrons. The lowest BCUT2D eigenvalue weighted by molar-refractivity contribution is -0.176. The van der Waals surface area contributed by atoms with Crippen LogP contribution in [-0.4, -0.2) is 65.9 Å². The number of piperidine rings is 1. The van der Waals surface area contributed by atoms with Gasteiger partial charge in [-0.3, -0.25) is 19.2 Å². The van der Waals surface area contributed by atoms with Crippen molar-refractivity contribution in [1.29, 1.82) is 5.26 Å². The van der Waals surface area contributed by atoms with Gasteiger partial charge in [-0.2, -0.15) is 18.4 Å². The van der Waals surface area contributed by atoms with Crippen LogP contribution in [0.1, 0.15) is 53.4 Å². The first-order chi connectivity index (χ1) is 15.6. The van der Waals surface area contributed by atoms with Gasteiger partial charge in [0.15, 0.2) is 0 Å². The molecule has 0 aliphatic carbocycles. The van der Waals surface area contributed by atoms with E-state index < -0.39 is 53.4 Å². The predicted octanol–water partition coefficient (Wildman–Crippen LogP) is 1.24. The minimum absolute atomic E-state index is 0.0544. The number of nitrogens with one attached hydrogen (secondary N) is 3. The van der Waals surface area contributed by atoms with Crippen LogP contribution < -0.4 is 16.0 Å². The van der Waals surface area contributed by atoms with Gasteiger partial charge in [0.05, 0.1) is 6.07 Å². The zero-order chi connectivity index (χ0) is 25.8. The van der Waals surface area contributed by atoms with E-state index in [2.05, 4.69) is 10.6 Å². The van der Waals surface area contributed by atoms with Crippen LogP contribution in [0.3, 0.4) is 0 Å². The Labute approximate surface area is 196 Å². The Bertz CT molecular complexity index is 849. The highest BCUT2D eigenvalue weighted by atomic mass is 19.4. The fourth-order valence-electron chi connectivity index (χ4n) is 4.25. The molecule has 2 fully saturated rings. The molecule has 2 heterocycles. The quantitative estimate of drug-likeness (QED) is 0.519. The van der Waals surface area contributed by atoms with Crippen LogP contribution in [0.4, 0.5) is 13.2 Å². The number of hydrogen-bond acceptors (Lipinski definition) is 5. The van der Waals surface area contributed by atoms with Crippen molar-refractivity contribution in [3.05, 3.63) is 0 Å². The van der Waals surface area contributed by atoms with Crippen LogP contribution in [0.2, 0.25) is 0 Å². The number of halogens is 3. The third-order valence-electron chi connectivity index (χ3n) is 6.25. The molecule has 0 bridgehead atoms. The van der Waals surface area contributed by atoms with Crippen LogP contribution in [-0.2, 0) is 19.2 Å². The Morgan fingerprint density at radius 2 is 1.85 bits per heavy atom. The fraction of sp³-hybridized carbons (Fsp3) is 0.773. The summed E-state index contributed by atoms with van der Waals surface area (Å²) in [4.78, 5) is 51.1. The SMILES string of the molecule is C[C@H]1CCN(C(=O)C(NC(=O)C(F)(F)F)C(C)(C)C)[C@H](C(=O)NC(C#N)C[C@@H]2CCNC2=O)C1. The van der Waals surface area contributed by atoms with Crippen molar-refractivity contribution in [2.24, 2.45) is 17.3 Å². The second-order valence-electron chi connectivity index (χ2n) is 10.1. The number of hydrogen-bond donors (Lipinski definition) is 3. The maximum atomic E-state index is 13.4. The van der Waals surface area contributed by atoms with Crippen molar-refractivity contribution < 1.29 is 32.3 Å². The predicted molar refractivity (Wildman–Crippen MR) is 115 cm³/mol. The molecule has 0 aromatic carbocycles. The molecule has 0 aromatic heterocycles. The molecule has 0 saturated carbocycles. The first kappa shape index (κ1) is 27.4. The van der Waals surface area contributed by atoms with Crippen molar-refractivity contribution in [2.75, 3.05) is 13.1 Å². The van der Waals surface area contributed by atoms with Gasteiger partial charge >= 0.3 is 12.1 Å². The van der Waals surface area contributed by atoms with Crippen LogP contribution in [0, 0.1) is 28.6 Å². The number of amides is 4. The molecule has 9 nitrogen and oxygen atoms in total. The molecule has 2 rings (SSSR count). The Morgan fingerprint density at radius 1 is 1.21 bits per heavy atom. The van der Waals surface area contributed by atoms with Crippen molar-refractivity contribution >= 4 is 23.6 Å². The van der Waals surface area contributed by atoms with Gasteiger partial charge in [0.2, 0.25) is 17.7 Å². The number of carbonyl (C=O) groups is 4. The minimum Gasteiger partial charge on any atom is -0.356 e. The highest BCUT2D eigenvalue weighted by Gasteiger charge is 2.46. The van der Waals surface area contributed by atoms with Gasteiger partial charge in [-0.05, 0) is 37.0 Å². The fourth-order valence-corrected chi connectivity index (χ4v) is 4.25. The van der Waals surface area contributed by atoms with Crippen molar-refractivity contribution in [3.8, 4) is 6.07 Å². The third kappa shape index (κ3) is 6.84. The maximum absolute atomic E-state index is 13.4. The number of alkyl halides is 3. The van der Waals surface area contributed by atoms with Crippen LogP contribution in [0.15, 0.2) is 0 Å². The standard InChI is InChI=1S/C22H32F3N5O4/c1-12-6-8-30(19(33)16(21(2,3)4)29-20(34)22(23,24)25)15(9-12)18(32)28-14(11-26)10-13-5-7-27-17(13)31/h12-16H,5-10H2,1-4H3,(H,27,31)(H,28,32)(H,29,34)/t12-,13-,14?,15-,16?/m0/s1. The van der Waals surface area contributed by atoms with Crippen molar-refractivity contribution in [3.63, 3.8) is 0 Å². The van der Waals surface area contributed by atoms with E-state index in [-0.39, 0.29) is 31.2 Å². The summed E-state index contributed by atoms with van der Waals surface area (Å²) in [7, 11) is 0. The molecule has 2 aliphatic rings. The van der Waals surface area contributed by atoms with Crippen molar-refractivity contribution in [1.82, 2.24) is 20.9 Å². The molecule has 4 amide bonds. The summed E-state index contributed by atoms with van der Waals surface area (Å²) in [5, 5.41) is 16.5. The summed E-state index contributed by atoms with van der Waals surface area (Å²) < 4.78 is 38.6. The van der Waals surface area contributed by atoms with Gasteiger partial charge in [0, 0.05) is 19.0 Å². The molecule has 5 atom stereocenters. The minimum atomic E-state index is -5.16. The summed E-state index contributed by atoms with van der Waals surface area (Å²) in [6, 6.07) is -1.52. The second kappa shape index (κ2) is 10.6. The Hall–Kier alpha value is -2.84. The van der Waals surface area contributed by atoms with Gasteiger partial charge in [-0.25, -0.2) is 0 Å². The normalized spacial score (nSPS) is 25.1. The molecule has 2 aliphatic heterocycles. The number of nitriles is 1.